The van der Waals surface area contributed by atoms with Crippen LogP contribution in [0.1, 0.15) is 32.6 Å². The maximum absolute atomic E-state index is 5.38. The molecule has 0 aliphatic heterocycles. The minimum absolute atomic E-state index is 0.919. The van der Waals surface area contributed by atoms with Crippen molar-refractivity contribution >= 4 is 0 Å². The summed E-state index contributed by atoms with van der Waals surface area (Å²) >= 11 is 0. The predicted octanol–water partition coefficient (Wildman–Crippen LogP) is 2.48. The largest absolute Gasteiger partial charge is 0.498 e. The molecule has 1 aliphatic carbocycles. The average Bonchev–Trinajstić information content (AvgIpc) is 1.76. The second-order valence-corrected chi connectivity index (χ2v) is 2.41. The van der Waals surface area contributed by atoms with Gasteiger partial charge in [-0.1, -0.05) is 13.3 Å². The average molecular weight is 126 g/mol. The van der Waals surface area contributed by atoms with Gasteiger partial charge in [-0.3, -0.25) is 0 Å². The fourth-order valence-corrected chi connectivity index (χ4v) is 0.741. The summed E-state index contributed by atoms with van der Waals surface area (Å²) in [6.07, 6.45) is 6.98. The van der Waals surface area contributed by atoms with Gasteiger partial charge in [0.25, 0.3) is 0 Å². The number of hydrogen-bond donors (Lipinski definition) is 0. The number of hydrogen-bond acceptors (Lipinski definition) is 1. The molecule has 0 aromatic rings. The van der Waals surface area contributed by atoms with Crippen LogP contribution in [0.25, 0.3) is 0 Å². The summed E-state index contributed by atoms with van der Waals surface area (Å²) in [5.41, 5.74) is 0. The number of unbranched alkanes of at least 4 members (excludes halogenated alkanes) is 1. The molecule has 52 valence electrons. The molecule has 0 fully saturated rings. The zero-order valence-corrected chi connectivity index (χ0v) is 6.02. The Hall–Kier alpha value is -0.460. The molecule has 1 aliphatic rings. The van der Waals surface area contributed by atoms with Gasteiger partial charge in [-0.2, -0.15) is 0 Å². The zero-order valence-electron chi connectivity index (χ0n) is 6.02. The van der Waals surface area contributed by atoms with Gasteiger partial charge in [-0.25, -0.2) is 0 Å². The maximum atomic E-state index is 5.38. The lowest BCUT2D eigenvalue weighted by Crippen LogP contribution is -2.00. The highest BCUT2D eigenvalue weighted by atomic mass is 16.5. The van der Waals surface area contributed by atoms with Crippen LogP contribution in [-0.4, -0.2) is 6.61 Å². The van der Waals surface area contributed by atoms with Gasteiger partial charge in [-0.15, -0.1) is 0 Å². The monoisotopic (exact) mass is 126 g/mol. The first-order valence-corrected chi connectivity index (χ1v) is 3.75. The van der Waals surface area contributed by atoms with E-state index in [0.29, 0.717) is 0 Å². The van der Waals surface area contributed by atoms with Gasteiger partial charge in [0.1, 0.15) is 0 Å². The zero-order chi connectivity index (χ0) is 6.53. The lowest BCUT2D eigenvalue weighted by atomic mass is 10.1. The predicted molar refractivity (Wildman–Crippen MR) is 38.2 cm³/mol. The number of allylic oxidation sites excluding steroid dienone is 2. The molecule has 0 unspecified atom stereocenters. The fourth-order valence-electron chi connectivity index (χ4n) is 0.741. The van der Waals surface area contributed by atoms with Crippen LogP contribution in [0.3, 0.4) is 0 Å². The van der Waals surface area contributed by atoms with Crippen molar-refractivity contribution in [2.24, 2.45) is 0 Å². The molecule has 1 rings (SSSR count). The quantitative estimate of drug-likeness (QED) is 0.526. The second-order valence-electron chi connectivity index (χ2n) is 2.41. The number of ether oxygens (including phenoxy) is 1. The molecule has 1 heteroatoms. The number of rotatable bonds is 4. The van der Waals surface area contributed by atoms with Gasteiger partial charge < -0.3 is 4.74 Å². The Balaban J connectivity index is 1.92. The Morgan fingerprint density at radius 1 is 1.67 bits per heavy atom. The summed E-state index contributed by atoms with van der Waals surface area (Å²) in [5, 5.41) is 0. The van der Waals surface area contributed by atoms with Crippen molar-refractivity contribution in [3.8, 4) is 0 Å². The van der Waals surface area contributed by atoms with E-state index in [1.165, 1.54) is 31.4 Å². The van der Waals surface area contributed by atoms with Gasteiger partial charge >= 0.3 is 0 Å². The molecule has 0 radical (unpaired) electrons. The molecule has 0 saturated heterocycles. The van der Waals surface area contributed by atoms with Crippen LogP contribution in [0, 0.1) is 0 Å². The van der Waals surface area contributed by atoms with Gasteiger partial charge in [0.15, 0.2) is 0 Å². The van der Waals surface area contributed by atoms with Crippen LogP contribution in [0.4, 0.5) is 0 Å². The summed E-state index contributed by atoms with van der Waals surface area (Å²) in [6, 6.07) is 0. The van der Waals surface area contributed by atoms with Crippen molar-refractivity contribution in [3.63, 3.8) is 0 Å². The highest BCUT2D eigenvalue weighted by Crippen LogP contribution is 2.18. The van der Waals surface area contributed by atoms with E-state index in [1.807, 2.05) is 0 Å². The molecule has 0 N–H and O–H groups in total. The van der Waals surface area contributed by atoms with Crippen LogP contribution in [0.2, 0.25) is 0 Å². The first-order chi connectivity index (χ1) is 4.43. The van der Waals surface area contributed by atoms with Crippen LogP contribution < -0.4 is 0 Å². The van der Waals surface area contributed by atoms with E-state index >= 15 is 0 Å². The molecule has 0 aromatic carbocycles. The summed E-state index contributed by atoms with van der Waals surface area (Å²) in [6.45, 7) is 3.10. The van der Waals surface area contributed by atoms with E-state index in [0.717, 1.165) is 6.61 Å². The first-order valence-electron chi connectivity index (χ1n) is 3.75. The maximum Gasteiger partial charge on any atom is 0.0923 e. The molecule has 0 saturated carbocycles. The van der Waals surface area contributed by atoms with Crippen molar-refractivity contribution in [2.45, 2.75) is 32.6 Å². The Labute approximate surface area is 56.7 Å². The highest BCUT2D eigenvalue weighted by Gasteiger charge is 2.04. The van der Waals surface area contributed by atoms with Gasteiger partial charge in [0.05, 0.1) is 12.4 Å². The topological polar surface area (TPSA) is 9.23 Å². The van der Waals surface area contributed by atoms with Crippen LogP contribution in [0.5, 0.6) is 0 Å². The SMILES string of the molecule is CCCCOC1=CCC1. The van der Waals surface area contributed by atoms with E-state index in [-0.39, 0.29) is 0 Å². The van der Waals surface area contributed by atoms with Crippen molar-refractivity contribution in [3.05, 3.63) is 11.8 Å². The van der Waals surface area contributed by atoms with E-state index in [2.05, 4.69) is 13.0 Å². The Morgan fingerprint density at radius 3 is 2.89 bits per heavy atom. The minimum atomic E-state index is 0.919. The van der Waals surface area contributed by atoms with E-state index < -0.39 is 0 Å². The minimum Gasteiger partial charge on any atom is -0.498 e. The Morgan fingerprint density at radius 2 is 2.44 bits per heavy atom. The molecule has 0 amide bonds. The van der Waals surface area contributed by atoms with Crippen LogP contribution in [-0.2, 0) is 4.74 Å². The van der Waals surface area contributed by atoms with Gasteiger partial charge in [0.2, 0.25) is 0 Å². The molecule has 0 spiro atoms. The third kappa shape index (κ3) is 2.08. The van der Waals surface area contributed by atoms with Crippen molar-refractivity contribution in [1.82, 2.24) is 0 Å². The second kappa shape index (κ2) is 3.54. The molecule has 9 heavy (non-hydrogen) atoms. The molecular weight excluding hydrogens is 112 g/mol. The van der Waals surface area contributed by atoms with Gasteiger partial charge in [0, 0.05) is 6.42 Å². The Bertz CT molecular complexity index is 105. The Kier molecular flexibility index (Phi) is 2.62. The van der Waals surface area contributed by atoms with E-state index in [1.54, 1.807) is 0 Å². The summed E-state index contributed by atoms with van der Waals surface area (Å²) in [5.74, 6) is 1.21. The fraction of sp³-hybridized carbons (Fsp3) is 0.750. The molecule has 0 atom stereocenters. The van der Waals surface area contributed by atoms with E-state index in [9.17, 15) is 0 Å². The molecule has 0 aromatic heterocycles. The summed E-state index contributed by atoms with van der Waals surface area (Å²) in [4.78, 5) is 0. The van der Waals surface area contributed by atoms with Crippen LogP contribution in [0.15, 0.2) is 11.8 Å². The normalized spacial score (nSPS) is 16.3. The summed E-state index contributed by atoms with van der Waals surface area (Å²) < 4.78 is 5.38. The van der Waals surface area contributed by atoms with Gasteiger partial charge in [-0.05, 0) is 18.9 Å². The van der Waals surface area contributed by atoms with E-state index in [4.69, 9.17) is 4.74 Å². The lowest BCUT2D eigenvalue weighted by molar-refractivity contribution is 0.186. The molecule has 0 heterocycles. The highest BCUT2D eigenvalue weighted by molar-refractivity contribution is 5.04. The summed E-state index contributed by atoms with van der Waals surface area (Å²) in [7, 11) is 0. The molecule has 0 bridgehead atoms. The molecular formula is C8H14O. The van der Waals surface area contributed by atoms with Crippen molar-refractivity contribution in [2.75, 3.05) is 6.61 Å². The standard InChI is InChI=1S/C8H14O/c1-2-3-7-9-8-5-4-6-8/h5H,2-4,6-7H2,1H3. The third-order valence-electron chi connectivity index (χ3n) is 1.55. The van der Waals surface area contributed by atoms with Crippen LogP contribution >= 0.6 is 0 Å². The molecule has 1 nitrogen and oxygen atoms in total. The van der Waals surface area contributed by atoms with Crippen molar-refractivity contribution < 1.29 is 4.74 Å². The smallest absolute Gasteiger partial charge is 0.0923 e. The first kappa shape index (κ1) is 6.66. The third-order valence-corrected chi connectivity index (χ3v) is 1.55. The van der Waals surface area contributed by atoms with Crippen molar-refractivity contribution in [1.29, 1.82) is 0 Å². The lowest BCUT2D eigenvalue weighted by Gasteiger charge is -2.14.